The largest absolute Gasteiger partial charge is 0.460 e. The van der Waals surface area contributed by atoms with Gasteiger partial charge < -0.3 is 9.64 Å². The van der Waals surface area contributed by atoms with E-state index in [0.717, 1.165) is 22.4 Å². The predicted molar refractivity (Wildman–Crippen MR) is 87.1 cm³/mol. The zero-order chi connectivity index (χ0) is 16.7. The van der Waals surface area contributed by atoms with Gasteiger partial charge in [-0.05, 0) is 45.7 Å². The van der Waals surface area contributed by atoms with Crippen LogP contribution in [0.3, 0.4) is 0 Å². The lowest BCUT2D eigenvalue weighted by Gasteiger charge is -2.33. The molecule has 4 heteroatoms. The van der Waals surface area contributed by atoms with Gasteiger partial charge in [0.2, 0.25) is 5.91 Å². The smallest absolute Gasteiger partial charge is 0.306 e. The molecule has 0 spiro atoms. The van der Waals surface area contributed by atoms with E-state index >= 15 is 0 Å². The standard InChI is InChI=1S/C18H25NO3/c1-11-7-12(2)17-14(8-11)13(9-15(20)19(17)6)10-16(21)22-18(3,4)5/h7-8,13H,9-10H2,1-6H3/t13-/m1/s1. The molecule has 1 heterocycles. The molecule has 0 aromatic heterocycles. The van der Waals surface area contributed by atoms with Crippen molar-refractivity contribution in [3.63, 3.8) is 0 Å². The van der Waals surface area contributed by atoms with Crippen molar-refractivity contribution in [3.8, 4) is 0 Å². The van der Waals surface area contributed by atoms with E-state index in [-0.39, 0.29) is 24.2 Å². The second-order valence-electron chi connectivity index (χ2n) is 7.16. The summed E-state index contributed by atoms with van der Waals surface area (Å²) in [5.41, 5.74) is 3.73. The van der Waals surface area contributed by atoms with Crippen molar-refractivity contribution in [1.82, 2.24) is 0 Å². The molecular formula is C18H25NO3. The zero-order valence-corrected chi connectivity index (χ0v) is 14.3. The van der Waals surface area contributed by atoms with Crippen LogP contribution < -0.4 is 4.90 Å². The fourth-order valence-electron chi connectivity index (χ4n) is 3.11. The minimum atomic E-state index is -0.502. The number of carbonyl (C=O) groups excluding carboxylic acids is 2. The quantitative estimate of drug-likeness (QED) is 0.786. The Morgan fingerprint density at radius 3 is 2.55 bits per heavy atom. The Morgan fingerprint density at radius 1 is 1.32 bits per heavy atom. The van der Waals surface area contributed by atoms with Crippen LogP contribution in [-0.4, -0.2) is 24.5 Å². The minimum Gasteiger partial charge on any atom is -0.460 e. The molecular weight excluding hydrogens is 278 g/mol. The minimum absolute atomic E-state index is 0.0491. The van der Waals surface area contributed by atoms with E-state index in [2.05, 4.69) is 12.1 Å². The maximum absolute atomic E-state index is 12.2. The van der Waals surface area contributed by atoms with Crippen LogP contribution in [0.1, 0.15) is 56.2 Å². The van der Waals surface area contributed by atoms with Gasteiger partial charge in [-0.2, -0.15) is 0 Å². The van der Waals surface area contributed by atoms with Crippen LogP contribution in [0.25, 0.3) is 0 Å². The monoisotopic (exact) mass is 303 g/mol. The third kappa shape index (κ3) is 3.49. The molecule has 0 saturated heterocycles. The van der Waals surface area contributed by atoms with Gasteiger partial charge in [0.25, 0.3) is 0 Å². The highest BCUT2D eigenvalue weighted by molar-refractivity contribution is 5.98. The molecule has 1 aliphatic heterocycles. The molecule has 120 valence electrons. The van der Waals surface area contributed by atoms with E-state index in [0.29, 0.717) is 6.42 Å². The Labute approximate surface area is 132 Å². The molecule has 0 N–H and O–H groups in total. The van der Waals surface area contributed by atoms with Gasteiger partial charge >= 0.3 is 5.97 Å². The average molecular weight is 303 g/mol. The maximum Gasteiger partial charge on any atom is 0.306 e. The van der Waals surface area contributed by atoms with Crippen molar-refractivity contribution in [3.05, 3.63) is 28.8 Å². The number of nitrogens with zero attached hydrogens (tertiary/aromatic N) is 1. The fraction of sp³-hybridized carbons (Fsp3) is 0.556. The summed E-state index contributed by atoms with van der Waals surface area (Å²) >= 11 is 0. The molecule has 0 bridgehead atoms. The van der Waals surface area contributed by atoms with Gasteiger partial charge in [0, 0.05) is 25.1 Å². The van der Waals surface area contributed by atoms with Crippen molar-refractivity contribution in [2.75, 3.05) is 11.9 Å². The normalized spacial score (nSPS) is 18.2. The number of hydrogen-bond acceptors (Lipinski definition) is 3. The lowest BCUT2D eigenvalue weighted by Crippen LogP contribution is -2.35. The molecule has 2 rings (SSSR count). The van der Waals surface area contributed by atoms with Crippen LogP contribution in [0.5, 0.6) is 0 Å². The number of anilines is 1. The first-order chi connectivity index (χ1) is 10.1. The summed E-state index contributed by atoms with van der Waals surface area (Å²) in [5, 5.41) is 0. The zero-order valence-electron chi connectivity index (χ0n) is 14.3. The van der Waals surface area contributed by atoms with E-state index in [1.807, 2.05) is 34.6 Å². The van der Waals surface area contributed by atoms with Crippen LogP contribution in [0.4, 0.5) is 5.69 Å². The van der Waals surface area contributed by atoms with Gasteiger partial charge in [-0.25, -0.2) is 0 Å². The van der Waals surface area contributed by atoms with Crippen LogP contribution in [0.15, 0.2) is 12.1 Å². The van der Waals surface area contributed by atoms with Crippen molar-refractivity contribution < 1.29 is 14.3 Å². The molecule has 1 aliphatic rings. The SMILES string of the molecule is Cc1cc(C)c2c(c1)[C@@H](CC(=O)OC(C)(C)C)CC(=O)N2C. The molecule has 0 fully saturated rings. The number of ether oxygens (including phenoxy) is 1. The van der Waals surface area contributed by atoms with Gasteiger partial charge in [-0.3, -0.25) is 9.59 Å². The molecule has 22 heavy (non-hydrogen) atoms. The molecule has 0 radical (unpaired) electrons. The second-order valence-corrected chi connectivity index (χ2v) is 7.16. The summed E-state index contributed by atoms with van der Waals surface area (Å²) in [7, 11) is 1.80. The van der Waals surface area contributed by atoms with Crippen molar-refractivity contribution in [2.45, 2.75) is 59.0 Å². The summed E-state index contributed by atoms with van der Waals surface area (Å²) in [5.74, 6) is -0.305. The molecule has 0 unspecified atom stereocenters. The summed E-state index contributed by atoms with van der Waals surface area (Å²) in [6.45, 7) is 9.60. The third-order valence-electron chi connectivity index (χ3n) is 3.88. The first-order valence-corrected chi connectivity index (χ1v) is 7.68. The number of rotatable bonds is 2. The molecule has 0 saturated carbocycles. The fourth-order valence-corrected chi connectivity index (χ4v) is 3.11. The van der Waals surface area contributed by atoms with Crippen LogP contribution >= 0.6 is 0 Å². The summed E-state index contributed by atoms with van der Waals surface area (Å²) in [4.78, 5) is 26.1. The number of hydrogen-bond donors (Lipinski definition) is 0. The van der Waals surface area contributed by atoms with Gasteiger partial charge in [-0.15, -0.1) is 0 Å². The Morgan fingerprint density at radius 2 is 1.95 bits per heavy atom. The van der Waals surface area contributed by atoms with Crippen molar-refractivity contribution >= 4 is 17.6 Å². The lowest BCUT2D eigenvalue weighted by atomic mass is 9.84. The highest BCUT2D eigenvalue weighted by Gasteiger charge is 2.33. The van der Waals surface area contributed by atoms with Gasteiger partial charge in [-0.1, -0.05) is 17.7 Å². The summed E-state index contributed by atoms with van der Waals surface area (Å²) in [6.07, 6.45) is 0.596. The van der Waals surface area contributed by atoms with Crippen LogP contribution in [0, 0.1) is 13.8 Å². The Balaban J connectivity index is 2.33. The number of benzene rings is 1. The van der Waals surface area contributed by atoms with E-state index in [4.69, 9.17) is 4.74 Å². The molecule has 1 amide bonds. The lowest BCUT2D eigenvalue weighted by molar-refractivity contribution is -0.155. The van der Waals surface area contributed by atoms with E-state index in [9.17, 15) is 9.59 Å². The van der Waals surface area contributed by atoms with Crippen molar-refractivity contribution in [1.29, 1.82) is 0 Å². The third-order valence-corrected chi connectivity index (χ3v) is 3.88. The number of amides is 1. The number of fused-ring (bicyclic) bond motifs is 1. The van der Waals surface area contributed by atoms with Crippen LogP contribution in [0.2, 0.25) is 0 Å². The van der Waals surface area contributed by atoms with Crippen LogP contribution in [-0.2, 0) is 14.3 Å². The number of carbonyl (C=O) groups is 2. The predicted octanol–water partition coefficient (Wildman–Crippen LogP) is 3.49. The first-order valence-electron chi connectivity index (χ1n) is 7.68. The summed E-state index contributed by atoms with van der Waals surface area (Å²) in [6, 6.07) is 4.15. The topological polar surface area (TPSA) is 46.6 Å². The van der Waals surface area contributed by atoms with Crippen molar-refractivity contribution in [2.24, 2.45) is 0 Å². The first kappa shape index (κ1) is 16.5. The number of esters is 1. The van der Waals surface area contributed by atoms with E-state index in [1.165, 1.54) is 0 Å². The highest BCUT2D eigenvalue weighted by atomic mass is 16.6. The second kappa shape index (κ2) is 5.75. The summed E-state index contributed by atoms with van der Waals surface area (Å²) < 4.78 is 5.41. The average Bonchev–Trinajstić information content (AvgIpc) is 2.32. The Kier molecular flexibility index (Phi) is 4.32. The number of aryl methyl sites for hydroxylation is 2. The molecule has 0 aliphatic carbocycles. The van der Waals surface area contributed by atoms with Gasteiger partial charge in [0.1, 0.15) is 5.60 Å². The highest BCUT2D eigenvalue weighted by Crippen LogP contribution is 2.40. The van der Waals surface area contributed by atoms with Gasteiger partial charge in [0.15, 0.2) is 0 Å². The molecule has 4 nitrogen and oxygen atoms in total. The Hall–Kier alpha value is -1.84. The molecule has 1 atom stereocenters. The van der Waals surface area contributed by atoms with E-state index in [1.54, 1.807) is 11.9 Å². The molecule has 1 aromatic rings. The molecule has 1 aromatic carbocycles. The Bertz CT molecular complexity index is 613. The maximum atomic E-state index is 12.2. The van der Waals surface area contributed by atoms with E-state index < -0.39 is 5.60 Å². The van der Waals surface area contributed by atoms with Gasteiger partial charge in [0.05, 0.1) is 6.42 Å².